The third-order valence-corrected chi connectivity index (χ3v) is 29.3. The van der Waals surface area contributed by atoms with Crippen LogP contribution >= 0.6 is 0 Å². The van der Waals surface area contributed by atoms with Crippen molar-refractivity contribution >= 4 is 165 Å². The van der Waals surface area contributed by atoms with Gasteiger partial charge in [-0.3, -0.25) is 0 Å². The number of nitrogens with zero attached hydrogens (tertiary/aromatic N) is 4. The molecule has 0 atom stereocenters. The van der Waals surface area contributed by atoms with E-state index in [-0.39, 0.29) is 0 Å². The van der Waals surface area contributed by atoms with Crippen LogP contribution in [0.25, 0.3) is 164 Å². The lowest BCUT2D eigenvalue weighted by molar-refractivity contribution is 0.435. The Balaban J connectivity index is 0.000000131. The second kappa shape index (κ2) is 28.4. The summed E-state index contributed by atoms with van der Waals surface area (Å²) in [4.78, 5) is 4.91. The van der Waals surface area contributed by atoms with Gasteiger partial charge in [-0.05, 0) is 193 Å². The van der Waals surface area contributed by atoms with Crippen molar-refractivity contribution in [3.05, 3.63) is 506 Å². The molecule has 22 aromatic carbocycles. The summed E-state index contributed by atoms with van der Waals surface area (Å²) in [6, 6.07) is 168. The molecule has 2 spiro atoms. The molecule has 134 heavy (non-hydrogen) atoms. The third kappa shape index (κ3) is 10.4. The van der Waals surface area contributed by atoms with Crippen LogP contribution in [-0.2, 0) is 10.8 Å². The minimum Gasteiger partial charge on any atom is -0.457 e. The molecule has 8 nitrogen and oxygen atoms in total. The normalized spacial score (nSPS) is 13.3. The fourth-order valence-corrected chi connectivity index (χ4v) is 23.9. The fraction of sp³-hybridized carbons (Fsp3) is 0.0159. The number of rotatable bonds is 8. The van der Waals surface area contributed by atoms with Gasteiger partial charge in [-0.2, -0.15) is 0 Å². The summed E-state index contributed by atoms with van der Waals surface area (Å²) >= 11 is 0. The zero-order valence-corrected chi connectivity index (χ0v) is 72.3. The summed E-state index contributed by atoms with van der Waals surface area (Å²) in [5.41, 5.74) is 29.9. The van der Waals surface area contributed by atoms with E-state index in [0.29, 0.717) is 0 Å². The van der Waals surface area contributed by atoms with Crippen molar-refractivity contribution in [1.82, 2.24) is 9.13 Å². The van der Waals surface area contributed by atoms with Gasteiger partial charge in [0.15, 0.2) is 0 Å². The lowest BCUT2D eigenvalue weighted by Gasteiger charge is -2.45. The van der Waals surface area contributed by atoms with Crippen molar-refractivity contribution in [2.75, 3.05) is 9.80 Å². The topological polar surface area (TPSA) is 61.1 Å². The van der Waals surface area contributed by atoms with Crippen LogP contribution in [0.3, 0.4) is 0 Å². The molecule has 0 saturated carbocycles. The molecule has 0 saturated heterocycles. The molecule has 6 heterocycles. The van der Waals surface area contributed by atoms with Gasteiger partial charge in [-0.1, -0.05) is 328 Å². The van der Waals surface area contributed by atoms with Crippen LogP contribution in [0, 0.1) is 0 Å². The minimum atomic E-state index is -0.635. The number of hydrogen-bond acceptors (Lipinski definition) is 6. The van der Waals surface area contributed by atoms with Gasteiger partial charge in [-0.15, -0.1) is 0 Å². The molecule has 0 amide bonds. The minimum absolute atomic E-state index is 0.634. The third-order valence-electron chi connectivity index (χ3n) is 29.3. The standard InChI is InChI=1S/2C63H38N2O2/c1-2-17-42-39(15-1)16-13-27-54(42)65-55-26-9-4-19-44(55)45-33-31-41(38-57(45)65)64(40-32-36-59-49(37-40)46-20-5-10-28-58(46)66-59)56-35-34-47-43-18-3-6-22-50(43)63(53-25-14-21-48(56)62(47)53)51-23-7-11-29-60(51)67-61-30-12-8-24-52(61)63;1-2-17-42-39(15-1)16-13-27-54(42)65-55-26-9-4-19-44(55)45-33-31-40(37-57(45)65)64(41-32-34-47-46-20-5-10-28-58(46)66-61(47)38-41)56-36-35-48-43-18-3-6-22-50(43)63(53-25-14-21-49(56)62(48)53)51-23-7-11-29-59(51)67-60-30-12-8-24-52(60)63/h2*1-38H. The molecule has 0 unspecified atom stereocenters. The molecule has 0 radical (unpaired) electrons. The average molecular weight is 1710 g/mol. The molecule has 8 heteroatoms. The van der Waals surface area contributed by atoms with Crippen LogP contribution in [-0.4, -0.2) is 9.13 Å². The summed E-state index contributed by atoms with van der Waals surface area (Å²) in [6.45, 7) is 0. The molecule has 2 aliphatic heterocycles. The summed E-state index contributed by atoms with van der Waals surface area (Å²) in [5.74, 6) is 3.51. The van der Waals surface area contributed by atoms with Crippen molar-refractivity contribution in [3.8, 4) is 56.6 Å². The number of hydrogen-bond donors (Lipinski definition) is 0. The van der Waals surface area contributed by atoms with Gasteiger partial charge >= 0.3 is 0 Å². The summed E-state index contributed by atoms with van der Waals surface area (Å²) < 4.78 is 31.5. The number of benzene rings is 22. The van der Waals surface area contributed by atoms with Crippen molar-refractivity contribution in [2.45, 2.75) is 10.8 Å². The Morgan fingerprint density at radius 3 is 0.993 bits per heavy atom. The molecule has 4 aromatic heterocycles. The van der Waals surface area contributed by atoms with Gasteiger partial charge < -0.3 is 37.2 Å². The van der Waals surface area contributed by atoms with Crippen LogP contribution in [0.5, 0.6) is 23.0 Å². The predicted octanol–water partition coefficient (Wildman–Crippen LogP) is 33.9. The van der Waals surface area contributed by atoms with Gasteiger partial charge in [0.05, 0.1) is 55.6 Å². The highest BCUT2D eigenvalue weighted by Crippen LogP contribution is 2.65. The Kier molecular flexibility index (Phi) is 15.7. The number of furan rings is 2. The lowest BCUT2D eigenvalue weighted by atomic mass is 9.58. The molecule has 30 rings (SSSR count). The number of anilines is 6. The van der Waals surface area contributed by atoms with E-state index < -0.39 is 10.8 Å². The van der Waals surface area contributed by atoms with Gasteiger partial charge in [0.2, 0.25) is 0 Å². The van der Waals surface area contributed by atoms with Crippen molar-refractivity contribution in [2.24, 2.45) is 0 Å². The van der Waals surface area contributed by atoms with E-state index in [0.717, 1.165) is 156 Å². The first-order chi connectivity index (χ1) is 66.5. The molecule has 0 fully saturated rings. The zero-order chi connectivity index (χ0) is 87.6. The summed E-state index contributed by atoms with van der Waals surface area (Å²) in [7, 11) is 0. The fourth-order valence-electron chi connectivity index (χ4n) is 23.9. The largest absolute Gasteiger partial charge is 0.457 e. The van der Waals surface area contributed by atoms with Crippen LogP contribution < -0.4 is 19.3 Å². The summed E-state index contributed by atoms with van der Waals surface area (Å²) in [5, 5.41) is 18.8. The number of fused-ring (bicyclic) bond motifs is 30. The first kappa shape index (κ1) is 74.2. The highest BCUT2D eigenvalue weighted by atomic mass is 16.5. The van der Waals surface area contributed by atoms with Crippen LogP contribution in [0.4, 0.5) is 34.1 Å². The molecule has 4 aliphatic rings. The van der Waals surface area contributed by atoms with Crippen LogP contribution in [0.2, 0.25) is 0 Å². The maximum absolute atomic E-state index is 6.74. The molecule has 0 bridgehead atoms. The van der Waals surface area contributed by atoms with E-state index in [1.807, 2.05) is 12.1 Å². The molecular formula is C126H76N4O4. The van der Waals surface area contributed by atoms with Gasteiger partial charge in [0.1, 0.15) is 45.3 Å². The molecule has 0 N–H and O–H groups in total. The molecule has 26 aromatic rings. The van der Waals surface area contributed by atoms with Crippen molar-refractivity contribution in [3.63, 3.8) is 0 Å². The van der Waals surface area contributed by atoms with E-state index in [1.165, 1.54) is 109 Å². The van der Waals surface area contributed by atoms with Crippen LogP contribution in [0.1, 0.15) is 44.5 Å². The maximum Gasteiger partial charge on any atom is 0.137 e. The van der Waals surface area contributed by atoms with Gasteiger partial charge in [-0.25, -0.2) is 0 Å². The van der Waals surface area contributed by atoms with Gasteiger partial charge in [0.25, 0.3) is 0 Å². The predicted molar refractivity (Wildman–Crippen MR) is 550 cm³/mol. The number of ether oxygens (including phenoxy) is 2. The molecule has 624 valence electrons. The second-order valence-corrected chi connectivity index (χ2v) is 35.8. The van der Waals surface area contributed by atoms with E-state index >= 15 is 0 Å². The Hall–Kier alpha value is -17.7. The van der Waals surface area contributed by atoms with E-state index in [2.05, 4.69) is 468 Å². The van der Waals surface area contributed by atoms with Gasteiger partial charge in [0, 0.05) is 116 Å². The highest BCUT2D eigenvalue weighted by molar-refractivity contribution is 6.19. The first-order valence-corrected chi connectivity index (χ1v) is 46.0. The summed E-state index contributed by atoms with van der Waals surface area (Å²) in [6.07, 6.45) is 0. The Labute approximate surface area is 769 Å². The van der Waals surface area contributed by atoms with E-state index in [1.54, 1.807) is 0 Å². The van der Waals surface area contributed by atoms with Crippen molar-refractivity contribution < 1.29 is 18.3 Å². The monoisotopic (exact) mass is 1710 g/mol. The Morgan fingerprint density at radius 2 is 0.507 bits per heavy atom. The average Bonchev–Trinajstić information content (AvgIpc) is 0.780. The van der Waals surface area contributed by atoms with E-state index in [9.17, 15) is 0 Å². The first-order valence-electron chi connectivity index (χ1n) is 46.0. The smallest absolute Gasteiger partial charge is 0.137 e. The lowest BCUT2D eigenvalue weighted by Crippen LogP contribution is -2.36. The SMILES string of the molecule is c1ccc2c(c1)Oc1ccccc1C21c2ccccc2-c2ccc(N(c3ccc4c(c3)oc3ccccc34)c3ccc4c5ccccc5n(-c5cccc6ccccc56)c4c3)c3cccc1c23.c1ccc2c(c1)Oc1ccccc1C21c2ccccc2-c2ccc(N(c3ccc4oc5ccccc5c4c3)c3ccc4c5ccccc5n(-c5cccc6ccccc56)c4c3)c3cccc1c23. The van der Waals surface area contributed by atoms with Crippen LogP contribution in [0.15, 0.2) is 470 Å². The zero-order valence-electron chi connectivity index (χ0n) is 72.3. The van der Waals surface area contributed by atoms with Crippen molar-refractivity contribution in [1.29, 1.82) is 0 Å². The second-order valence-electron chi connectivity index (χ2n) is 35.8. The Morgan fingerprint density at radius 1 is 0.187 bits per heavy atom. The Bertz CT molecular complexity index is 9450. The molecule has 2 aliphatic carbocycles. The number of aromatic nitrogens is 2. The maximum atomic E-state index is 6.74. The number of para-hydroxylation sites is 8. The quantitative estimate of drug-likeness (QED) is 0.151. The van der Waals surface area contributed by atoms with E-state index in [4.69, 9.17) is 18.3 Å². The molecular weight excluding hydrogens is 1630 g/mol. The highest BCUT2D eigenvalue weighted by Gasteiger charge is 2.52.